The van der Waals surface area contributed by atoms with Gasteiger partial charge in [-0.25, -0.2) is 0 Å². The third kappa shape index (κ3) is 2.37. The van der Waals surface area contributed by atoms with Crippen molar-refractivity contribution in [2.75, 3.05) is 13.7 Å². The molecule has 0 amide bonds. The molecule has 0 bridgehead atoms. The third-order valence-electron chi connectivity index (χ3n) is 2.22. The molecule has 0 saturated carbocycles. The van der Waals surface area contributed by atoms with Crippen molar-refractivity contribution < 1.29 is 4.74 Å². The van der Waals surface area contributed by atoms with Crippen LogP contribution in [0, 0.1) is 0 Å². The average Bonchev–Trinajstić information content (AvgIpc) is 2.81. The van der Waals surface area contributed by atoms with Crippen LogP contribution in [0.15, 0.2) is 0 Å². The number of methoxy groups -OCH3 is 1. The van der Waals surface area contributed by atoms with E-state index in [0.29, 0.717) is 6.61 Å². The first-order valence-electron chi connectivity index (χ1n) is 5.24. The van der Waals surface area contributed by atoms with Crippen molar-refractivity contribution in [2.24, 2.45) is 5.73 Å². The van der Waals surface area contributed by atoms with Gasteiger partial charge in [0.1, 0.15) is 11.6 Å². The fourth-order valence-corrected chi connectivity index (χ4v) is 2.33. The highest BCUT2D eigenvalue weighted by Gasteiger charge is 2.10. The lowest BCUT2D eigenvalue weighted by atomic mass is 10.2. The molecule has 2 heterocycles. The minimum absolute atomic E-state index is 0.438. The van der Waals surface area contributed by atoms with Gasteiger partial charge in [-0.1, -0.05) is 11.3 Å². The van der Waals surface area contributed by atoms with E-state index in [1.807, 2.05) is 0 Å². The highest BCUT2D eigenvalue weighted by Crippen LogP contribution is 2.16. The molecule has 0 fully saturated rings. The molecular weight excluding hydrogens is 226 g/mol. The van der Waals surface area contributed by atoms with E-state index in [9.17, 15) is 0 Å². The largest absolute Gasteiger partial charge is 0.377 e. The van der Waals surface area contributed by atoms with Crippen molar-refractivity contribution in [2.45, 2.75) is 25.9 Å². The van der Waals surface area contributed by atoms with Crippen molar-refractivity contribution in [3.8, 4) is 0 Å². The first-order valence-corrected chi connectivity index (χ1v) is 6.06. The molecule has 16 heavy (non-hydrogen) atoms. The van der Waals surface area contributed by atoms with E-state index < -0.39 is 0 Å². The van der Waals surface area contributed by atoms with E-state index in [1.54, 1.807) is 23.0 Å². The van der Waals surface area contributed by atoms with E-state index in [4.69, 9.17) is 10.5 Å². The van der Waals surface area contributed by atoms with E-state index >= 15 is 0 Å². The van der Waals surface area contributed by atoms with Crippen LogP contribution >= 0.6 is 11.3 Å². The molecule has 0 radical (unpaired) electrons. The molecule has 7 heteroatoms. The first-order chi connectivity index (χ1) is 7.85. The predicted molar refractivity (Wildman–Crippen MR) is 61.4 cm³/mol. The van der Waals surface area contributed by atoms with Gasteiger partial charge in [0.2, 0.25) is 4.96 Å². The zero-order chi connectivity index (χ0) is 11.4. The molecule has 2 rings (SSSR count). The van der Waals surface area contributed by atoms with Crippen LogP contribution in [0.1, 0.15) is 23.7 Å². The minimum atomic E-state index is 0.438. The molecule has 2 N–H and O–H groups in total. The maximum Gasteiger partial charge on any atom is 0.234 e. The van der Waals surface area contributed by atoms with Crippen molar-refractivity contribution in [1.82, 2.24) is 19.8 Å². The molecule has 0 spiro atoms. The van der Waals surface area contributed by atoms with Gasteiger partial charge in [0.25, 0.3) is 0 Å². The number of fused-ring (bicyclic) bond motifs is 1. The van der Waals surface area contributed by atoms with E-state index in [1.165, 1.54) is 0 Å². The fourth-order valence-electron chi connectivity index (χ4n) is 1.44. The molecule has 0 aliphatic heterocycles. The van der Waals surface area contributed by atoms with Crippen LogP contribution in [0.2, 0.25) is 0 Å². The van der Waals surface area contributed by atoms with Crippen molar-refractivity contribution in [3.63, 3.8) is 0 Å². The summed E-state index contributed by atoms with van der Waals surface area (Å²) in [6, 6.07) is 0. The number of hydrogen-bond acceptors (Lipinski definition) is 6. The summed E-state index contributed by atoms with van der Waals surface area (Å²) in [5.74, 6) is 0.749. The molecule has 88 valence electrons. The summed E-state index contributed by atoms with van der Waals surface area (Å²) < 4.78 is 6.78. The Morgan fingerprint density at radius 3 is 3.00 bits per heavy atom. The third-order valence-corrected chi connectivity index (χ3v) is 3.17. The smallest absolute Gasteiger partial charge is 0.234 e. The predicted octanol–water partition coefficient (Wildman–Crippen LogP) is 0.614. The number of rotatable bonds is 6. The van der Waals surface area contributed by atoms with Gasteiger partial charge in [-0.05, 0) is 19.4 Å². The molecule has 0 aliphatic rings. The minimum Gasteiger partial charge on any atom is -0.377 e. The van der Waals surface area contributed by atoms with Gasteiger partial charge in [-0.15, -0.1) is 10.2 Å². The molecule has 0 atom stereocenters. The van der Waals surface area contributed by atoms with Crippen LogP contribution in [0.25, 0.3) is 4.96 Å². The Bertz CT molecular complexity index is 452. The Kier molecular flexibility index (Phi) is 3.81. The summed E-state index contributed by atoms with van der Waals surface area (Å²) in [6.45, 7) is 1.17. The van der Waals surface area contributed by atoms with E-state index in [-0.39, 0.29) is 0 Å². The highest BCUT2D eigenvalue weighted by atomic mass is 32.1. The number of aryl methyl sites for hydroxylation is 1. The van der Waals surface area contributed by atoms with Gasteiger partial charge in [-0.2, -0.15) is 9.61 Å². The van der Waals surface area contributed by atoms with E-state index in [0.717, 1.165) is 41.6 Å². The summed E-state index contributed by atoms with van der Waals surface area (Å²) in [5.41, 5.74) is 5.45. The van der Waals surface area contributed by atoms with Crippen LogP contribution < -0.4 is 5.73 Å². The molecular formula is C9H15N5OS. The zero-order valence-electron chi connectivity index (χ0n) is 9.22. The lowest BCUT2D eigenvalue weighted by Crippen LogP contribution is -2.00. The second kappa shape index (κ2) is 5.33. The van der Waals surface area contributed by atoms with Gasteiger partial charge in [0.15, 0.2) is 5.82 Å². The number of aromatic nitrogens is 4. The monoisotopic (exact) mass is 241 g/mol. The Morgan fingerprint density at radius 2 is 2.25 bits per heavy atom. The molecule has 2 aromatic heterocycles. The van der Waals surface area contributed by atoms with Crippen molar-refractivity contribution in [3.05, 3.63) is 10.8 Å². The molecule has 0 saturated heterocycles. The quantitative estimate of drug-likeness (QED) is 0.750. The standard InChI is InChI=1S/C9H15N5OS/c1-15-6-7-11-12-9-14(7)13-8(16-9)4-2-3-5-10/h2-6,10H2,1H3. The number of ether oxygens (including phenoxy) is 1. The van der Waals surface area contributed by atoms with Gasteiger partial charge in [-0.3, -0.25) is 0 Å². The van der Waals surface area contributed by atoms with Gasteiger partial charge in [0.05, 0.1) is 0 Å². The Labute approximate surface area is 97.4 Å². The fraction of sp³-hybridized carbons (Fsp3) is 0.667. The molecule has 6 nitrogen and oxygen atoms in total. The van der Waals surface area contributed by atoms with Crippen LogP contribution in [0.4, 0.5) is 0 Å². The van der Waals surface area contributed by atoms with Crippen LogP contribution in [0.3, 0.4) is 0 Å². The SMILES string of the molecule is COCc1nnc2sc(CCCCN)nn12. The number of nitrogens with zero attached hydrogens (tertiary/aromatic N) is 4. The summed E-state index contributed by atoms with van der Waals surface area (Å²) in [7, 11) is 1.63. The number of nitrogens with two attached hydrogens (primary N) is 1. The van der Waals surface area contributed by atoms with Crippen LogP contribution in [0.5, 0.6) is 0 Å². The molecule has 0 aromatic carbocycles. The van der Waals surface area contributed by atoms with Crippen LogP contribution in [-0.4, -0.2) is 33.5 Å². The maximum atomic E-state index is 5.45. The highest BCUT2D eigenvalue weighted by molar-refractivity contribution is 7.16. The second-order valence-corrected chi connectivity index (χ2v) is 4.53. The number of unbranched alkanes of at least 4 members (excludes halogenated alkanes) is 1. The topological polar surface area (TPSA) is 78.3 Å². The van der Waals surface area contributed by atoms with Crippen molar-refractivity contribution >= 4 is 16.3 Å². The summed E-state index contributed by atoms with van der Waals surface area (Å²) in [6.07, 6.45) is 3.06. The first kappa shape index (κ1) is 11.4. The van der Waals surface area contributed by atoms with E-state index in [2.05, 4.69) is 15.3 Å². The summed E-state index contributed by atoms with van der Waals surface area (Å²) in [4.78, 5) is 0.829. The Hall–Kier alpha value is -1.05. The Balaban J connectivity index is 2.10. The average molecular weight is 241 g/mol. The summed E-state index contributed by atoms with van der Waals surface area (Å²) in [5, 5.41) is 13.6. The Morgan fingerprint density at radius 1 is 1.38 bits per heavy atom. The second-order valence-electron chi connectivity index (χ2n) is 3.49. The molecule has 0 unspecified atom stereocenters. The van der Waals surface area contributed by atoms with Crippen molar-refractivity contribution in [1.29, 1.82) is 0 Å². The number of hydrogen-bond donors (Lipinski definition) is 1. The van der Waals surface area contributed by atoms with Crippen LogP contribution in [-0.2, 0) is 17.8 Å². The maximum absolute atomic E-state index is 5.45. The normalized spacial score (nSPS) is 11.4. The lowest BCUT2D eigenvalue weighted by molar-refractivity contribution is 0.176. The zero-order valence-corrected chi connectivity index (χ0v) is 10.0. The van der Waals surface area contributed by atoms with Gasteiger partial charge >= 0.3 is 0 Å². The molecule has 0 aliphatic carbocycles. The van der Waals surface area contributed by atoms with Gasteiger partial charge < -0.3 is 10.5 Å². The molecule has 2 aromatic rings. The lowest BCUT2D eigenvalue weighted by Gasteiger charge is -1.94. The summed E-state index contributed by atoms with van der Waals surface area (Å²) >= 11 is 1.58. The van der Waals surface area contributed by atoms with Gasteiger partial charge in [0, 0.05) is 13.5 Å².